The van der Waals surface area contributed by atoms with Crippen LogP contribution in [0.15, 0.2) is 42.5 Å². The number of hydrogen-bond donors (Lipinski definition) is 0. The summed E-state index contributed by atoms with van der Waals surface area (Å²) in [6, 6.07) is 12.3. The number of anilines is 1. The summed E-state index contributed by atoms with van der Waals surface area (Å²) in [5.41, 5.74) is 3.66. The highest BCUT2D eigenvalue weighted by molar-refractivity contribution is 6.30. The van der Waals surface area contributed by atoms with Gasteiger partial charge in [0.25, 0.3) is 5.91 Å². The monoisotopic (exact) mass is 396 g/mol. The van der Waals surface area contributed by atoms with E-state index in [9.17, 15) is 9.59 Å². The van der Waals surface area contributed by atoms with Gasteiger partial charge in [0.05, 0.1) is 24.1 Å². The van der Waals surface area contributed by atoms with Crippen LogP contribution in [-0.2, 0) is 11.2 Å². The normalized spacial score (nSPS) is 12.8. The second-order valence-corrected chi connectivity index (χ2v) is 6.88. The van der Waals surface area contributed by atoms with E-state index in [-0.39, 0.29) is 11.6 Å². The molecule has 0 bridgehead atoms. The van der Waals surface area contributed by atoms with E-state index in [2.05, 4.69) is 10.2 Å². The molecule has 2 aromatic carbocycles. The molecule has 4 rings (SSSR count). The van der Waals surface area contributed by atoms with Crippen LogP contribution in [0.5, 0.6) is 0 Å². The predicted molar refractivity (Wildman–Crippen MR) is 104 cm³/mol. The van der Waals surface area contributed by atoms with Crippen molar-refractivity contribution in [1.29, 1.82) is 0 Å². The van der Waals surface area contributed by atoms with Crippen LogP contribution in [0.4, 0.5) is 5.69 Å². The average molecular weight is 397 g/mol. The Labute approximate surface area is 166 Å². The molecule has 2 heterocycles. The van der Waals surface area contributed by atoms with Gasteiger partial charge in [-0.3, -0.25) is 4.79 Å². The predicted octanol–water partition coefficient (Wildman–Crippen LogP) is 3.22. The van der Waals surface area contributed by atoms with E-state index in [0.29, 0.717) is 34.9 Å². The van der Waals surface area contributed by atoms with Crippen LogP contribution in [0.1, 0.15) is 32.1 Å². The highest BCUT2D eigenvalue weighted by Gasteiger charge is 2.29. The number of hydrogen-bond acceptors (Lipinski definition) is 5. The molecule has 3 aromatic rings. The zero-order valence-corrected chi connectivity index (χ0v) is 16.1. The van der Waals surface area contributed by atoms with Gasteiger partial charge in [-0.2, -0.15) is 9.90 Å². The molecule has 0 aliphatic carbocycles. The number of carbonyl (C=O) groups excluding carboxylic acids is 2. The van der Waals surface area contributed by atoms with Crippen LogP contribution in [-0.4, -0.2) is 40.5 Å². The molecular formula is C20H17ClN4O3. The van der Waals surface area contributed by atoms with Crippen molar-refractivity contribution in [1.82, 2.24) is 15.0 Å². The standard InChI is InChI=1S/C20H17ClN4O3/c1-12-18(23-25(22-12)16-5-3-4-15(21)11-16)19(26)24-9-8-13-10-14(20(27)28-2)6-7-17(13)24/h3-7,10-11H,8-9H2,1-2H3. The Balaban J connectivity index is 1.64. The van der Waals surface area contributed by atoms with Gasteiger partial charge in [0.1, 0.15) is 0 Å². The zero-order chi connectivity index (χ0) is 19.8. The first-order valence-corrected chi connectivity index (χ1v) is 9.08. The fourth-order valence-electron chi connectivity index (χ4n) is 3.28. The maximum absolute atomic E-state index is 13.1. The van der Waals surface area contributed by atoms with Crippen molar-refractivity contribution in [3.63, 3.8) is 0 Å². The lowest BCUT2D eigenvalue weighted by molar-refractivity contribution is 0.0600. The largest absolute Gasteiger partial charge is 0.465 e. The molecular weight excluding hydrogens is 380 g/mol. The van der Waals surface area contributed by atoms with Gasteiger partial charge in [0.2, 0.25) is 0 Å². The van der Waals surface area contributed by atoms with Crippen LogP contribution in [0.3, 0.4) is 0 Å². The summed E-state index contributed by atoms with van der Waals surface area (Å²) in [6.45, 7) is 2.26. The summed E-state index contributed by atoms with van der Waals surface area (Å²) in [7, 11) is 1.34. The van der Waals surface area contributed by atoms with Crippen LogP contribution in [0.25, 0.3) is 5.69 Å². The first-order chi connectivity index (χ1) is 13.5. The maximum atomic E-state index is 13.1. The molecule has 0 atom stereocenters. The van der Waals surface area contributed by atoms with Crippen molar-refractivity contribution in [2.75, 3.05) is 18.6 Å². The molecule has 142 valence electrons. The van der Waals surface area contributed by atoms with E-state index in [1.54, 1.807) is 48.2 Å². The van der Waals surface area contributed by atoms with E-state index < -0.39 is 5.97 Å². The van der Waals surface area contributed by atoms with Gasteiger partial charge >= 0.3 is 5.97 Å². The molecule has 0 radical (unpaired) electrons. The van der Waals surface area contributed by atoms with Crippen LogP contribution in [0, 0.1) is 6.92 Å². The number of fused-ring (bicyclic) bond motifs is 1. The fourth-order valence-corrected chi connectivity index (χ4v) is 3.46. The topological polar surface area (TPSA) is 77.3 Å². The maximum Gasteiger partial charge on any atom is 0.337 e. The SMILES string of the molecule is COC(=O)c1ccc2c(c1)CCN2C(=O)c1nn(-c2cccc(Cl)c2)nc1C. The Morgan fingerprint density at radius 2 is 1.96 bits per heavy atom. The number of benzene rings is 2. The van der Waals surface area contributed by atoms with E-state index in [4.69, 9.17) is 16.3 Å². The van der Waals surface area contributed by atoms with Gasteiger partial charge in [-0.25, -0.2) is 4.79 Å². The van der Waals surface area contributed by atoms with Gasteiger partial charge in [-0.15, -0.1) is 5.10 Å². The first kappa shape index (κ1) is 18.2. The average Bonchev–Trinajstić information content (AvgIpc) is 3.30. The molecule has 0 spiro atoms. The van der Waals surface area contributed by atoms with Gasteiger partial charge in [0.15, 0.2) is 5.69 Å². The third kappa shape index (κ3) is 3.14. The Bertz CT molecular complexity index is 1090. The molecule has 28 heavy (non-hydrogen) atoms. The second-order valence-electron chi connectivity index (χ2n) is 6.45. The van der Waals surface area contributed by atoms with Crippen LogP contribution < -0.4 is 4.90 Å². The number of ether oxygens (including phenoxy) is 1. The Morgan fingerprint density at radius 1 is 1.14 bits per heavy atom. The molecule has 1 aliphatic rings. The Hall–Kier alpha value is -3.19. The third-order valence-electron chi connectivity index (χ3n) is 4.67. The molecule has 0 unspecified atom stereocenters. The van der Waals surface area contributed by atoms with E-state index in [0.717, 1.165) is 11.3 Å². The molecule has 7 nitrogen and oxygen atoms in total. The summed E-state index contributed by atoms with van der Waals surface area (Å²) in [5, 5.41) is 9.30. The van der Waals surface area contributed by atoms with Crippen molar-refractivity contribution < 1.29 is 14.3 Å². The summed E-state index contributed by atoms with van der Waals surface area (Å²) in [6.07, 6.45) is 0.660. The Morgan fingerprint density at radius 3 is 2.71 bits per heavy atom. The number of nitrogens with zero attached hydrogens (tertiary/aromatic N) is 4. The second kappa shape index (κ2) is 7.09. The number of amides is 1. The van der Waals surface area contributed by atoms with Gasteiger partial charge in [-0.1, -0.05) is 17.7 Å². The number of carbonyl (C=O) groups is 2. The lowest BCUT2D eigenvalue weighted by atomic mass is 10.1. The van der Waals surface area contributed by atoms with Crippen molar-refractivity contribution >= 4 is 29.2 Å². The molecule has 0 saturated carbocycles. The van der Waals surface area contributed by atoms with Crippen molar-refractivity contribution in [3.8, 4) is 5.69 Å². The van der Waals surface area contributed by atoms with E-state index >= 15 is 0 Å². The highest BCUT2D eigenvalue weighted by atomic mass is 35.5. The van der Waals surface area contributed by atoms with Crippen LogP contribution >= 0.6 is 11.6 Å². The van der Waals surface area contributed by atoms with Gasteiger partial charge in [-0.05, 0) is 55.3 Å². The lowest BCUT2D eigenvalue weighted by Crippen LogP contribution is -2.30. The number of halogens is 1. The number of aryl methyl sites for hydroxylation is 1. The minimum Gasteiger partial charge on any atom is -0.465 e. The number of aromatic nitrogens is 3. The lowest BCUT2D eigenvalue weighted by Gasteiger charge is -2.16. The molecule has 0 fully saturated rings. The summed E-state index contributed by atoms with van der Waals surface area (Å²) < 4.78 is 4.76. The summed E-state index contributed by atoms with van der Waals surface area (Å²) >= 11 is 6.03. The summed E-state index contributed by atoms with van der Waals surface area (Å²) in [4.78, 5) is 27.9. The van der Waals surface area contributed by atoms with Crippen molar-refractivity contribution in [3.05, 3.63) is 70.0 Å². The van der Waals surface area contributed by atoms with Crippen molar-refractivity contribution in [2.24, 2.45) is 0 Å². The highest BCUT2D eigenvalue weighted by Crippen LogP contribution is 2.30. The fraction of sp³-hybridized carbons (Fsp3) is 0.200. The number of methoxy groups -OCH3 is 1. The van der Waals surface area contributed by atoms with Gasteiger partial charge in [0, 0.05) is 17.3 Å². The number of esters is 1. The smallest absolute Gasteiger partial charge is 0.337 e. The number of rotatable bonds is 3. The minimum absolute atomic E-state index is 0.227. The van der Waals surface area contributed by atoms with Gasteiger partial charge < -0.3 is 9.64 Å². The molecule has 1 amide bonds. The molecule has 8 heteroatoms. The zero-order valence-electron chi connectivity index (χ0n) is 15.3. The third-order valence-corrected chi connectivity index (χ3v) is 4.90. The van der Waals surface area contributed by atoms with E-state index in [1.165, 1.54) is 11.9 Å². The molecule has 1 aliphatic heterocycles. The summed E-state index contributed by atoms with van der Waals surface area (Å²) in [5.74, 6) is -0.622. The molecule has 0 N–H and O–H groups in total. The first-order valence-electron chi connectivity index (χ1n) is 8.71. The van der Waals surface area contributed by atoms with Crippen LogP contribution in [0.2, 0.25) is 5.02 Å². The Kier molecular flexibility index (Phi) is 4.60. The van der Waals surface area contributed by atoms with Crippen molar-refractivity contribution in [2.45, 2.75) is 13.3 Å². The minimum atomic E-state index is -0.395. The molecule has 1 aromatic heterocycles. The quantitative estimate of drug-likeness (QED) is 0.635. The van der Waals surface area contributed by atoms with E-state index in [1.807, 2.05) is 6.07 Å². The molecule has 0 saturated heterocycles.